The van der Waals surface area contributed by atoms with E-state index in [-0.39, 0.29) is 11.7 Å². The second-order valence-corrected chi connectivity index (χ2v) is 8.50. The summed E-state index contributed by atoms with van der Waals surface area (Å²) in [4.78, 5) is 12.3. The molecule has 0 saturated carbocycles. The number of nitrogens with zero attached hydrogens (tertiary/aromatic N) is 3. The fraction of sp³-hybridized carbons (Fsp3) is 0.136. The Balaban J connectivity index is 1.42. The predicted molar refractivity (Wildman–Crippen MR) is 124 cm³/mol. The van der Waals surface area contributed by atoms with E-state index in [4.69, 9.17) is 23.2 Å². The zero-order valence-electron chi connectivity index (χ0n) is 16.1. The number of hydrogen-bond donors (Lipinski definition) is 1. The topological polar surface area (TPSA) is 59.8 Å². The highest BCUT2D eigenvalue weighted by atomic mass is 35.5. The lowest BCUT2D eigenvalue weighted by molar-refractivity contribution is -0.113. The van der Waals surface area contributed by atoms with Crippen LogP contribution in [-0.4, -0.2) is 26.4 Å². The van der Waals surface area contributed by atoms with Gasteiger partial charge in [0.2, 0.25) is 5.91 Å². The molecule has 0 spiro atoms. The SMILES string of the molecule is Cn1c(Cc2cccc3ccccc23)nnc1SCC(=O)Nc1ccc(Cl)c(Cl)c1. The highest BCUT2D eigenvalue weighted by Gasteiger charge is 2.13. The largest absolute Gasteiger partial charge is 0.325 e. The highest BCUT2D eigenvalue weighted by molar-refractivity contribution is 7.99. The van der Waals surface area contributed by atoms with Gasteiger partial charge in [-0.25, -0.2) is 0 Å². The van der Waals surface area contributed by atoms with Crippen LogP contribution in [0.3, 0.4) is 0 Å². The normalized spacial score (nSPS) is 11.0. The number of rotatable bonds is 6. The first-order valence-corrected chi connectivity index (χ1v) is 11.0. The third-order valence-corrected chi connectivity index (χ3v) is 6.45. The molecule has 0 saturated heterocycles. The van der Waals surface area contributed by atoms with Crippen molar-refractivity contribution >= 4 is 57.3 Å². The summed E-state index contributed by atoms with van der Waals surface area (Å²) < 4.78 is 1.93. The smallest absolute Gasteiger partial charge is 0.234 e. The fourth-order valence-electron chi connectivity index (χ4n) is 3.14. The van der Waals surface area contributed by atoms with E-state index in [1.54, 1.807) is 18.2 Å². The summed E-state index contributed by atoms with van der Waals surface area (Å²) >= 11 is 13.2. The third kappa shape index (κ3) is 4.61. The Hall–Kier alpha value is -2.54. The van der Waals surface area contributed by atoms with Crippen molar-refractivity contribution in [3.63, 3.8) is 0 Å². The third-order valence-electron chi connectivity index (χ3n) is 4.69. The quantitative estimate of drug-likeness (QED) is 0.383. The molecule has 0 radical (unpaired) electrons. The van der Waals surface area contributed by atoms with Crippen LogP contribution in [0.2, 0.25) is 10.0 Å². The molecule has 152 valence electrons. The van der Waals surface area contributed by atoms with E-state index in [1.165, 1.54) is 28.1 Å². The van der Waals surface area contributed by atoms with Gasteiger partial charge in [-0.3, -0.25) is 4.79 Å². The van der Waals surface area contributed by atoms with Crippen molar-refractivity contribution in [1.82, 2.24) is 14.8 Å². The maximum atomic E-state index is 12.3. The molecule has 0 atom stereocenters. The maximum Gasteiger partial charge on any atom is 0.234 e. The number of halogens is 2. The molecule has 0 aliphatic rings. The number of anilines is 1. The molecular formula is C22H18Cl2N4OS. The van der Waals surface area contributed by atoms with E-state index in [0.29, 0.717) is 27.3 Å². The lowest BCUT2D eigenvalue weighted by Gasteiger charge is -2.08. The average Bonchev–Trinajstić information content (AvgIpc) is 3.09. The van der Waals surface area contributed by atoms with E-state index >= 15 is 0 Å². The van der Waals surface area contributed by atoms with Crippen LogP contribution in [0.1, 0.15) is 11.4 Å². The van der Waals surface area contributed by atoms with Gasteiger partial charge in [0.1, 0.15) is 5.82 Å². The van der Waals surface area contributed by atoms with E-state index in [1.807, 2.05) is 23.7 Å². The van der Waals surface area contributed by atoms with Gasteiger partial charge in [0, 0.05) is 19.2 Å². The van der Waals surface area contributed by atoms with Crippen molar-refractivity contribution in [2.45, 2.75) is 11.6 Å². The van der Waals surface area contributed by atoms with Crippen LogP contribution in [0.25, 0.3) is 10.8 Å². The van der Waals surface area contributed by atoms with E-state index in [0.717, 1.165) is 5.82 Å². The molecule has 0 aliphatic heterocycles. The summed E-state index contributed by atoms with van der Waals surface area (Å²) in [7, 11) is 1.92. The minimum absolute atomic E-state index is 0.156. The molecule has 8 heteroatoms. The van der Waals surface area contributed by atoms with Gasteiger partial charge in [-0.1, -0.05) is 77.4 Å². The van der Waals surface area contributed by atoms with E-state index in [2.05, 4.69) is 45.8 Å². The fourth-order valence-corrected chi connectivity index (χ4v) is 4.17. The minimum Gasteiger partial charge on any atom is -0.325 e. The molecule has 1 heterocycles. The Morgan fingerprint density at radius 1 is 1.03 bits per heavy atom. The molecule has 0 bridgehead atoms. The van der Waals surface area contributed by atoms with Gasteiger partial charge in [-0.2, -0.15) is 0 Å². The number of fused-ring (bicyclic) bond motifs is 1. The van der Waals surface area contributed by atoms with Crippen LogP contribution in [0.4, 0.5) is 5.69 Å². The molecule has 3 aromatic carbocycles. The molecule has 0 aliphatic carbocycles. The number of thioether (sulfide) groups is 1. The van der Waals surface area contributed by atoms with Crippen LogP contribution in [0, 0.1) is 0 Å². The summed E-state index contributed by atoms with van der Waals surface area (Å²) in [6, 6.07) is 19.5. The number of hydrogen-bond acceptors (Lipinski definition) is 4. The zero-order chi connectivity index (χ0) is 21.1. The van der Waals surface area contributed by atoms with Crippen LogP contribution in [-0.2, 0) is 18.3 Å². The van der Waals surface area contributed by atoms with Gasteiger partial charge in [0.15, 0.2) is 5.16 Å². The first kappa shape index (κ1) is 20.7. The molecule has 30 heavy (non-hydrogen) atoms. The molecule has 0 unspecified atom stereocenters. The number of carbonyl (C=O) groups excluding carboxylic acids is 1. The Morgan fingerprint density at radius 2 is 1.83 bits per heavy atom. The summed E-state index contributed by atoms with van der Waals surface area (Å²) in [5.74, 6) is 0.899. The highest BCUT2D eigenvalue weighted by Crippen LogP contribution is 2.26. The van der Waals surface area contributed by atoms with Crippen molar-refractivity contribution < 1.29 is 4.79 Å². The Bertz CT molecular complexity index is 1220. The summed E-state index contributed by atoms with van der Waals surface area (Å²) in [5.41, 5.74) is 1.79. The predicted octanol–water partition coefficient (Wildman–Crippen LogP) is 5.60. The Labute approximate surface area is 188 Å². The molecule has 1 N–H and O–H groups in total. The number of carbonyl (C=O) groups is 1. The first-order valence-electron chi connectivity index (χ1n) is 9.24. The molecule has 1 aromatic heterocycles. The van der Waals surface area contributed by atoms with E-state index in [9.17, 15) is 4.79 Å². The van der Waals surface area contributed by atoms with Gasteiger partial charge < -0.3 is 9.88 Å². The molecule has 5 nitrogen and oxygen atoms in total. The number of benzene rings is 3. The van der Waals surface area contributed by atoms with E-state index < -0.39 is 0 Å². The van der Waals surface area contributed by atoms with Crippen molar-refractivity contribution in [1.29, 1.82) is 0 Å². The van der Waals surface area contributed by atoms with Gasteiger partial charge in [0.05, 0.1) is 15.8 Å². The van der Waals surface area contributed by atoms with Crippen LogP contribution in [0.15, 0.2) is 65.8 Å². The lowest BCUT2D eigenvalue weighted by atomic mass is 10.0. The van der Waals surface area contributed by atoms with Gasteiger partial charge in [-0.15, -0.1) is 10.2 Å². The monoisotopic (exact) mass is 456 g/mol. The minimum atomic E-state index is -0.156. The first-order chi connectivity index (χ1) is 14.5. The van der Waals surface area contributed by atoms with Gasteiger partial charge in [-0.05, 0) is 34.5 Å². The Kier molecular flexibility index (Phi) is 6.27. The summed E-state index contributed by atoms with van der Waals surface area (Å²) in [6.07, 6.45) is 0.668. The molecule has 1 amide bonds. The Morgan fingerprint density at radius 3 is 2.67 bits per heavy atom. The molecule has 4 rings (SSSR count). The average molecular weight is 457 g/mol. The molecule has 0 fully saturated rings. The number of aromatic nitrogens is 3. The van der Waals surface area contributed by atoms with Crippen LogP contribution in [0.5, 0.6) is 0 Å². The summed E-state index contributed by atoms with van der Waals surface area (Å²) in [5, 5.41) is 15.3. The van der Waals surface area contributed by atoms with Crippen molar-refractivity contribution in [2.24, 2.45) is 7.05 Å². The van der Waals surface area contributed by atoms with Gasteiger partial charge >= 0.3 is 0 Å². The van der Waals surface area contributed by atoms with Crippen LogP contribution < -0.4 is 5.32 Å². The number of nitrogens with one attached hydrogen (secondary N) is 1. The zero-order valence-corrected chi connectivity index (χ0v) is 18.4. The second kappa shape index (κ2) is 9.08. The summed E-state index contributed by atoms with van der Waals surface area (Å²) in [6.45, 7) is 0. The van der Waals surface area contributed by atoms with Crippen LogP contribution >= 0.6 is 35.0 Å². The van der Waals surface area contributed by atoms with Gasteiger partial charge in [0.25, 0.3) is 0 Å². The second-order valence-electron chi connectivity index (χ2n) is 6.74. The molecule has 4 aromatic rings. The van der Waals surface area contributed by atoms with Crippen molar-refractivity contribution in [3.05, 3.63) is 82.1 Å². The lowest BCUT2D eigenvalue weighted by Crippen LogP contribution is -2.14. The standard InChI is InChI=1S/C22H18Cl2N4OS/c1-28-20(11-15-7-4-6-14-5-2-3-8-17(14)15)26-27-22(28)30-13-21(29)25-16-9-10-18(23)19(24)12-16/h2-10,12H,11,13H2,1H3,(H,25,29). The van der Waals surface area contributed by atoms with Crippen molar-refractivity contribution in [2.75, 3.05) is 11.1 Å². The maximum absolute atomic E-state index is 12.3. The number of amides is 1. The van der Waals surface area contributed by atoms with Crippen molar-refractivity contribution in [3.8, 4) is 0 Å². The molecular weight excluding hydrogens is 439 g/mol.